The lowest BCUT2D eigenvalue weighted by molar-refractivity contribution is 0.119. The van der Waals surface area contributed by atoms with Crippen LogP contribution in [0.5, 0.6) is 5.75 Å². The third-order valence-electron chi connectivity index (χ3n) is 5.28. The highest BCUT2D eigenvalue weighted by molar-refractivity contribution is 6.32. The smallest absolute Gasteiger partial charge is 0.229 e. The summed E-state index contributed by atoms with van der Waals surface area (Å²) in [5.74, 6) is 1.84. The molecule has 1 aromatic carbocycles. The molecule has 2 aliphatic rings. The molecule has 1 aromatic heterocycles. The number of nitrogens with one attached hydrogen (secondary N) is 2. The van der Waals surface area contributed by atoms with Gasteiger partial charge in [0, 0.05) is 38.5 Å². The second-order valence-corrected chi connectivity index (χ2v) is 7.79. The number of halogens is 1. The van der Waals surface area contributed by atoms with E-state index in [1.54, 1.807) is 13.3 Å². The number of anilines is 4. The molecular formula is C21H28ClN5O3. The highest BCUT2D eigenvalue weighted by Gasteiger charge is 2.22. The van der Waals surface area contributed by atoms with Crippen LogP contribution in [0.2, 0.25) is 5.02 Å². The lowest BCUT2D eigenvalue weighted by Gasteiger charge is -2.31. The predicted octanol–water partition coefficient (Wildman–Crippen LogP) is 3.70. The van der Waals surface area contributed by atoms with Gasteiger partial charge in [0.1, 0.15) is 10.8 Å². The maximum absolute atomic E-state index is 6.28. The molecule has 0 radical (unpaired) electrons. The first kappa shape index (κ1) is 21.0. The topological polar surface area (TPSA) is 80.8 Å². The average Bonchev–Trinajstić information content (AvgIpc) is 2.74. The van der Waals surface area contributed by atoms with Crippen LogP contribution in [0, 0.1) is 0 Å². The molecule has 30 heavy (non-hydrogen) atoms. The molecule has 1 aliphatic carbocycles. The number of benzene rings is 1. The first-order valence-corrected chi connectivity index (χ1v) is 10.8. The summed E-state index contributed by atoms with van der Waals surface area (Å²) in [6, 6.07) is 6.21. The first-order chi connectivity index (χ1) is 14.7. The fourth-order valence-electron chi connectivity index (χ4n) is 3.34. The molecule has 0 bridgehead atoms. The van der Waals surface area contributed by atoms with Gasteiger partial charge in [0.05, 0.1) is 37.8 Å². The summed E-state index contributed by atoms with van der Waals surface area (Å²) in [4.78, 5) is 11.1. The van der Waals surface area contributed by atoms with Gasteiger partial charge in [-0.15, -0.1) is 0 Å². The van der Waals surface area contributed by atoms with E-state index < -0.39 is 0 Å². The fraction of sp³-hybridized carbons (Fsp3) is 0.524. The number of ether oxygens (including phenoxy) is 3. The largest absolute Gasteiger partial charge is 0.488 e. The van der Waals surface area contributed by atoms with Crippen LogP contribution >= 0.6 is 11.6 Å². The minimum absolute atomic E-state index is 0.267. The zero-order valence-corrected chi connectivity index (χ0v) is 18.0. The molecule has 1 saturated carbocycles. The number of hydrogen-bond donors (Lipinski definition) is 2. The Kier molecular flexibility index (Phi) is 7.09. The average molecular weight is 434 g/mol. The molecule has 4 rings (SSSR count). The summed E-state index contributed by atoms with van der Waals surface area (Å²) in [5.41, 5.74) is 1.97. The van der Waals surface area contributed by atoms with E-state index >= 15 is 0 Å². The van der Waals surface area contributed by atoms with Crippen molar-refractivity contribution in [1.29, 1.82) is 0 Å². The maximum Gasteiger partial charge on any atom is 0.229 e. The molecule has 2 fully saturated rings. The molecule has 0 atom stereocenters. The molecule has 0 amide bonds. The Morgan fingerprint density at radius 1 is 1.27 bits per heavy atom. The van der Waals surface area contributed by atoms with Crippen molar-refractivity contribution < 1.29 is 14.2 Å². The van der Waals surface area contributed by atoms with E-state index in [1.807, 2.05) is 6.07 Å². The summed E-state index contributed by atoms with van der Waals surface area (Å²) in [5, 5.41) is 6.92. The number of aromatic nitrogens is 2. The summed E-state index contributed by atoms with van der Waals surface area (Å²) < 4.78 is 16.8. The summed E-state index contributed by atoms with van der Waals surface area (Å²) in [6.07, 6.45) is 5.25. The van der Waals surface area contributed by atoms with Crippen LogP contribution < -0.4 is 20.3 Å². The van der Waals surface area contributed by atoms with Gasteiger partial charge in [0.2, 0.25) is 5.95 Å². The molecule has 2 aromatic rings. The van der Waals surface area contributed by atoms with Gasteiger partial charge in [0.15, 0.2) is 5.82 Å². The minimum atomic E-state index is 0.267. The van der Waals surface area contributed by atoms with E-state index in [1.165, 1.54) is 6.42 Å². The number of rotatable bonds is 9. The Balaban J connectivity index is 1.54. The lowest BCUT2D eigenvalue weighted by Crippen LogP contribution is -2.36. The van der Waals surface area contributed by atoms with Crippen LogP contribution in [0.15, 0.2) is 24.4 Å². The fourth-order valence-corrected chi connectivity index (χ4v) is 3.50. The van der Waals surface area contributed by atoms with Crippen LogP contribution in [0.4, 0.5) is 23.1 Å². The van der Waals surface area contributed by atoms with Gasteiger partial charge >= 0.3 is 0 Å². The molecule has 2 N–H and O–H groups in total. The Bertz CT molecular complexity index is 843. The quantitative estimate of drug-likeness (QED) is 0.579. The number of morpholine rings is 1. The van der Waals surface area contributed by atoms with E-state index in [9.17, 15) is 0 Å². The molecule has 9 heteroatoms. The van der Waals surface area contributed by atoms with E-state index in [0.29, 0.717) is 29.9 Å². The van der Waals surface area contributed by atoms with E-state index in [4.69, 9.17) is 25.8 Å². The maximum atomic E-state index is 6.28. The number of hydrogen-bond acceptors (Lipinski definition) is 8. The molecule has 0 spiro atoms. The third-order valence-corrected chi connectivity index (χ3v) is 5.55. The van der Waals surface area contributed by atoms with Crippen LogP contribution in [0.1, 0.15) is 19.3 Å². The number of nitrogens with zero attached hydrogens (tertiary/aromatic N) is 3. The van der Waals surface area contributed by atoms with Gasteiger partial charge < -0.3 is 29.7 Å². The second-order valence-electron chi connectivity index (χ2n) is 7.39. The van der Waals surface area contributed by atoms with Gasteiger partial charge in [-0.2, -0.15) is 4.98 Å². The molecule has 0 unspecified atom stereocenters. The molecule has 162 valence electrons. The third kappa shape index (κ3) is 5.24. The molecule has 8 nitrogen and oxygen atoms in total. The standard InChI is InChI=1S/C21H28ClN5O3/c1-28-10-7-23-20-17(22)14-24-21(26-20)25-18-6-5-15(27-8-11-29-12-9-27)13-19(18)30-16-3-2-4-16/h5-6,13-14,16H,2-4,7-12H2,1H3,(H2,23,24,25,26). The zero-order valence-electron chi connectivity index (χ0n) is 17.2. The Hall–Kier alpha value is -2.29. The van der Waals surface area contributed by atoms with E-state index in [2.05, 4.69) is 37.6 Å². The molecule has 1 aliphatic heterocycles. The highest BCUT2D eigenvalue weighted by atomic mass is 35.5. The van der Waals surface area contributed by atoms with Crippen molar-refractivity contribution in [2.45, 2.75) is 25.4 Å². The second kappa shape index (κ2) is 10.1. The van der Waals surface area contributed by atoms with Gasteiger partial charge in [-0.25, -0.2) is 4.98 Å². The highest BCUT2D eigenvalue weighted by Crippen LogP contribution is 2.36. The van der Waals surface area contributed by atoms with Crippen molar-refractivity contribution in [2.75, 3.05) is 62.1 Å². The van der Waals surface area contributed by atoms with Crippen LogP contribution in [0.25, 0.3) is 0 Å². The van der Waals surface area contributed by atoms with Crippen molar-refractivity contribution >= 4 is 34.7 Å². The van der Waals surface area contributed by atoms with E-state index in [-0.39, 0.29) is 6.10 Å². The van der Waals surface area contributed by atoms with Gasteiger partial charge in [-0.1, -0.05) is 11.6 Å². The normalized spacial score (nSPS) is 16.8. The monoisotopic (exact) mass is 433 g/mol. The van der Waals surface area contributed by atoms with Crippen molar-refractivity contribution in [3.8, 4) is 5.75 Å². The van der Waals surface area contributed by atoms with Gasteiger partial charge in [-0.05, 0) is 31.4 Å². The van der Waals surface area contributed by atoms with E-state index in [0.717, 1.165) is 56.3 Å². The zero-order chi connectivity index (χ0) is 20.8. The van der Waals surface area contributed by atoms with Crippen LogP contribution in [0.3, 0.4) is 0 Å². The SMILES string of the molecule is COCCNc1nc(Nc2ccc(N3CCOCC3)cc2OC2CCC2)ncc1Cl. The Morgan fingerprint density at radius 2 is 2.10 bits per heavy atom. The Morgan fingerprint density at radius 3 is 2.83 bits per heavy atom. The lowest BCUT2D eigenvalue weighted by atomic mass is 9.96. The molecular weight excluding hydrogens is 406 g/mol. The Labute approximate surface area is 181 Å². The van der Waals surface area contributed by atoms with Crippen molar-refractivity contribution in [2.24, 2.45) is 0 Å². The van der Waals surface area contributed by atoms with Crippen LogP contribution in [-0.2, 0) is 9.47 Å². The number of methoxy groups -OCH3 is 1. The summed E-state index contributed by atoms with van der Waals surface area (Å²) in [7, 11) is 1.65. The van der Waals surface area contributed by atoms with Gasteiger partial charge in [0.25, 0.3) is 0 Å². The van der Waals surface area contributed by atoms with Crippen LogP contribution in [-0.4, -0.2) is 62.6 Å². The summed E-state index contributed by atoms with van der Waals surface area (Å²) in [6.45, 7) is 4.42. The van der Waals surface area contributed by atoms with Gasteiger partial charge in [-0.3, -0.25) is 0 Å². The summed E-state index contributed by atoms with van der Waals surface area (Å²) >= 11 is 6.21. The van der Waals surface area contributed by atoms with Crippen molar-refractivity contribution in [3.63, 3.8) is 0 Å². The first-order valence-electron chi connectivity index (χ1n) is 10.4. The molecule has 2 heterocycles. The van der Waals surface area contributed by atoms with Crippen molar-refractivity contribution in [1.82, 2.24) is 9.97 Å². The van der Waals surface area contributed by atoms with Crippen molar-refractivity contribution in [3.05, 3.63) is 29.4 Å². The predicted molar refractivity (Wildman–Crippen MR) is 118 cm³/mol. The minimum Gasteiger partial charge on any atom is -0.488 e. The molecule has 1 saturated heterocycles.